The highest BCUT2D eigenvalue weighted by Crippen LogP contribution is 2.18. The number of aromatic nitrogens is 2. The van der Waals surface area contributed by atoms with Gasteiger partial charge in [-0.05, 0) is 56.3 Å². The number of aldehydes is 1. The molecule has 1 aromatic heterocycles. The van der Waals surface area contributed by atoms with Gasteiger partial charge in [0.25, 0.3) is 5.97 Å². The van der Waals surface area contributed by atoms with Crippen molar-refractivity contribution in [3.8, 4) is 0 Å². The van der Waals surface area contributed by atoms with Crippen molar-refractivity contribution in [2.24, 2.45) is 5.92 Å². The van der Waals surface area contributed by atoms with E-state index in [0.717, 1.165) is 23.1 Å². The molecule has 0 fully saturated rings. The average Bonchev–Trinajstić information content (AvgIpc) is 3.69. The molecule has 2 aromatic carbocycles. The summed E-state index contributed by atoms with van der Waals surface area (Å²) in [5.74, 6) is -3.18. The Bertz CT molecular complexity index is 1710. The molecule has 19 nitrogen and oxygen atoms in total. The first kappa shape index (κ1) is 56.6. The number of thioether (sulfide) groups is 1. The van der Waals surface area contributed by atoms with Crippen molar-refractivity contribution in [2.45, 2.75) is 83.5 Å². The number of carboxylic acid groups (broad SMARTS) is 3. The lowest BCUT2D eigenvalue weighted by Crippen LogP contribution is -2.41. The number of hydrogen-bond acceptors (Lipinski definition) is 12. The van der Waals surface area contributed by atoms with Crippen LogP contribution >= 0.6 is 11.8 Å². The maximum Gasteiger partial charge on any atom is 0.407 e. The second-order valence-corrected chi connectivity index (χ2v) is 13.8. The fraction of sp³-hybridized carbons (Fsp3) is 0.390. The number of nitrogens with one attached hydrogen (secondary N) is 6. The third kappa shape index (κ3) is 37.5. The minimum Gasteiger partial charge on any atom is -0.481 e. The second kappa shape index (κ2) is 36.5. The minimum atomic E-state index is -1.04. The van der Waals surface area contributed by atoms with Crippen LogP contribution in [0.3, 0.4) is 0 Å². The number of carbonyl (C=O) groups is 8. The molecule has 3 rings (SSSR count). The smallest absolute Gasteiger partial charge is 0.407 e. The van der Waals surface area contributed by atoms with Crippen molar-refractivity contribution in [3.05, 3.63) is 95.9 Å². The van der Waals surface area contributed by atoms with E-state index >= 15 is 0 Å². The molecule has 20 heteroatoms. The lowest BCUT2D eigenvalue weighted by Gasteiger charge is -2.17. The molecule has 61 heavy (non-hydrogen) atoms. The standard InChI is InChI=1S/C14H18N2O3S.C13H19NO2.C8H12N2O5.C4H6N2.C2H4O2/c1-15-10-13(17)16-11(9-14(18)19)7-8-20-12-5-3-2-4-6-12;1-10(2)11(3)14-13(15)16-9-12-7-5-4-6-8-12;11-4-6(1-2-8(14)15)10-7(13)3-9-5-12;1-4-2-5-3-6-4;1-2(3)4/h2-8,11,15H,9-10H2,1H3,(H,16,17)(H,18,19);4-8,10-11H,9H2,1-3H3,(H,14,15);4-6H,1-3H2,(H,9,12)(H,10,13)(H,14,15);2-3H,1H3,(H,5,6);1H3,(H,3,4)/b8-7+;;;;. The van der Waals surface area contributed by atoms with E-state index in [1.165, 1.54) is 11.8 Å². The van der Waals surface area contributed by atoms with Crippen molar-refractivity contribution in [1.82, 2.24) is 36.6 Å². The van der Waals surface area contributed by atoms with E-state index in [1.54, 1.807) is 31.1 Å². The molecule has 1 heterocycles. The Balaban J connectivity index is 0. The zero-order valence-corrected chi connectivity index (χ0v) is 36.0. The number of hydrogen-bond donors (Lipinski definition) is 9. The second-order valence-electron chi connectivity index (χ2n) is 12.8. The van der Waals surface area contributed by atoms with Gasteiger partial charge < -0.3 is 56.4 Å². The highest BCUT2D eigenvalue weighted by molar-refractivity contribution is 8.02. The van der Waals surface area contributed by atoms with Crippen LogP contribution < -0.4 is 26.6 Å². The van der Waals surface area contributed by atoms with Gasteiger partial charge in [0.2, 0.25) is 18.2 Å². The van der Waals surface area contributed by atoms with E-state index in [1.807, 2.05) is 74.5 Å². The van der Waals surface area contributed by atoms with Crippen molar-refractivity contribution >= 4 is 60.3 Å². The molecule has 0 saturated heterocycles. The minimum absolute atomic E-state index is 0.0334. The Labute approximate surface area is 359 Å². The first-order chi connectivity index (χ1) is 28.9. The number of ether oxygens (including phenoxy) is 1. The third-order valence-electron chi connectivity index (χ3n) is 7.06. The molecule has 0 aliphatic carbocycles. The van der Waals surface area contributed by atoms with E-state index in [-0.39, 0.29) is 50.4 Å². The summed E-state index contributed by atoms with van der Waals surface area (Å²) in [6.07, 6.45) is 5.28. The number of aryl methyl sites for hydroxylation is 1. The summed E-state index contributed by atoms with van der Waals surface area (Å²) in [6, 6.07) is 18.1. The number of amides is 4. The lowest BCUT2D eigenvalue weighted by atomic mass is 10.1. The Kier molecular flexibility index (Phi) is 33.9. The van der Waals surface area contributed by atoms with Crippen LogP contribution in [-0.2, 0) is 44.9 Å². The molecule has 9 N–H and O–H groups in total. The quantitative estimate of drug-likeness (QED) is 0.0580. The summed E-state index contributed by atoms with van der Waals surface area (Å²) in [5, 5.41) is 38.9. The average molecular weight is 874 g/mol. The zero-order valence-electron chi connectivity index (χ0n) is 35.2. The Morgan fingerprint density at radius 2 is 1.41 bits per heavy atom. The molecular formula is C41H59N7O12S. The van der Waals surface area contributed by atoms with Crippen LogP contribution in [0.25, 0.3) is 0 Å². The Morgan fingerprint density at radius 1 is 0.836 bits per heavy atom. The molecule has 0 bridgehead atoms. The number of likely N-dealkylation sites (N-methyl/N-ethyl adjacent to an activating group) is 1. The summed E-state index contributed by atoms with van der Waals surface area (Å²) in [5.41, 5.74) is 2.10. The van der Waals surface area contributed by atoms with Gasteiger partial charge in [0.05, 0.1) is 37.9 Å². The van der Waals surface area contributed by atoms with Gasteiger partial charge in [-0.3, -0.25) is 28.8 Å². The van der Waals surface area contributed by atoms with Crippen LogP contribution in [0.2, 0.25) is 0 Å². The largest absolute Gasteiger partial charge is 0.481 e. The number of aliphatic carboxylic acids is 3. The number of carbonyl (C=O) groups excluding carboxylic acids is 5. The molecule has 4 amide bonds. The third-order valence-corrected chi connectivity index (χ3v) is 7.89. The SMILES string of the molecule is CC(=O)O.CC(C)C(C)NC(=O)OCc1ccccc1.CNCC(=O)NC(/C=C/Sc1ccccc1)CC(=O)O.Cc1cnc[nH]1.O=CNCC(=O)NC(C=O)CCC(=O)O. The van der Waals surface area contributed by atoms with Gasteiger partial charge in [-0.1, -0.05) is 80.2 Å². The molecule has 0 spiro atoms. The van der Waals surface area contributed by atoms with Crippen LogP contribution in [0, 0.1) is 12.8 Å². The van der Waals surface area contributed by atoms with E-state index in [9.17, 15) is 33.6 Å². The predicted octanol–water partition coefficient (Wildman–Crippen LogP) is 3.52. The molecule has 336 valence electrons. The summed E-state index contributed by atoms with van der Waals surface area (Å²) in [7, 11) is 1.66. The number of imidazole rings is 1. The van der Waals surface area contributed by atoms with Gasteiger partial charge in [-0.25, -0.2) is 9.78 Å². The van der Waals surface area contributed by atoms with Gasteiger partial charge >= 0.3 is 18.0 Å². The van der Waals surface area contributed by atoms with Gasteiger partial charge in [0.1, 0.15) is 12.9 Å². The highest BCUT2D eigenvalue weighted by Gasteiger charge is 2.14. The number of aromatic amines is 1. The Hall–Kier alpha value is -6.54. The van der Waals surface area contributed by atoms with E-state index in [4.69, 9.17) is 24.9 Å². The molecule has 3 atom stereocenters. The van der Waals surface area contributed by atoms with Crippen molar-refractivity contribution < 1.29 is 58.4 Å². The normalized spacial score (nSPS) is 11.3. The van der Waals surface area contributed by atoms with Crippen LogP contribution in [0.4, 0.5) is 4.79 Å². The molecule has 3 unspecified atom stereocenters. The maximum absolute atomic E-state index is 11.5. The topological polar surface area (TPSA) is 295 Å². The number of nitrogens with zero attached hydrogens (tertiary/aromatic N) is 1. The number of rotatable bonds is 20. The van der Waals surface area contributed by atoms with E-state index < -0.39 is 35.9 Å². The number of alkyl carbamates (subject to hydrolysis) is 1. The fourth-order valence-corrected chi connectivity index (χ4v) is 4.51. The Morgan fingerprint density at radius 3 is 1.87 bits per heavy atom. The molecule has 0 aliphatic heterocycles. The fourth-order valence-electron chi connectivity index (χ4n) is 3.77. The van der Waals surface area contributed by atoms with E-state index in [0.29, 0.717) is 25.2 Å². The monoisotopic (exact) mass is 873 g/mol. The first-order valence-corrected chi connectivity index (χ1v) is 19.6. The van der Waals surface area contributed by atoms with Crippen LogP contribution in [-0.4, -0.2) is 112 Å². The van der Waals surface area contributed by atoms with Crippen molar-refractivity contribution in [1.29, 1.82) is 0 Å². The predicted molar refractivity (Wildman–Crippen MR) is 229 cm³/mol. The van der Waals surface area contributed by atoms with Crippen LogP contribution in [0.1, 0.15) is 58.2 Å². The van der Waals surface area contributed by atoms with Gasteiger partial charge in [0.15, 0.2) is 0 Å². The van der Waals surface area contributed by atoms with Gasteiger partial charge in [0, 0.05) is 36.2 Å². The summed E-state index contributed by atoms with van der Waals surface area (Å²) in [4.78, 5) is 91.8. The number of benzene rings is 2. The van der Waals surface area contributed by atoms with E-state index in [2.05, 4.69) is 50.4 Å². The zero-order chi connectivity index (χ0) is 46.4. The van der Waals surface area contributed by atoms with Gasteiger partial charge in [-0.15, -0.1) is 0 Å². The van der Waals surface area contributed by atoms with Crippen LogP contribution in [0.15, 0.2) is 89.6 Å². The van der Waals surface area contributed by atoms with Gasteiger partial charge in [-0.2, -0.15) is 0 Å². The molecule has 3 aromatic rings. The number of carboxylic acids is 3. The van der Waals surface area contributed by atoms with Crippen molar-refractivity contribution in [3.63, 3.8) is 0 Å². The summed E-state index contributed by atoms with van der Waals surface area (Å²) >= 11 is 1.48. The molecule has 0 saturated carbocycles. The first-order valence-electron chi connectivity index (χ1n) is 18.7. The van der Waals surface area contributed by atoms with Crippen molar-refractivity contribution in [2.75, 3.05) is 20.1 Å². The highest BCUT2D eigenvalue weighted by atomic mass is 32.2. The lowest BCUT2D eigenvalue weighted by molar-refractivity contribution is -0.138. The van der Waals surface area contributed by atoms with Crippen LogP contribution in [0.5, 0.6) is 0 Å². The summed E-state index contributed by atoms with van der Waals surface area (Å²) < 4.78 is 5.10. The summed E-state index contributed by atoms with van der Waals surface area (Å²) in [6.45, 7) is 9.37. The number of H-pyrrole nitrogens is 1. The molecule has 0 radical (unpaired) electrons. The molecule has 0 aliphatic rings. The molecular weight excluding hydrogens is 815 g/mol. The maximum atomic E-state index is 11.5.